The highest BCUT2D eigenvalue weighted by Gasteiger charge is 2.27. The molecule has 0 N–H and O–H groups in total. The number of nitrogens with zero attached hydrogens (tertiary/aromatic N) is 2. The number of pyridine rings is 1. The van der Waals surface area contributed by atoms with Crippen molar-refractivity contribution in [3.8, 4) is 5.75 Å². The molecule has 0 fully saturated rings. The maximum atomic E-state index is 14.4. The van der Waals surface area contributed by atoms with Crippen LogP contribution < -0.4 is 4.74 Å². The van der Waals surface area contributed by atoms with Crippen LogP contribution in [0.4, 0.5) is 8.78 Å². The second-order valence-corrected chi connectivity index (χ2v) is 6.59. The van der Waals surface area contributed by atoms with E-state index in [0.29, 0.717) is 22.2 Å². The van der Waals surface area contributed by atoms with Gasteiger partial charge in [-0.2, -0.15) is 0 Å². The zero-order chi connectivity index (χ0) is 18.4. The lowest BCUT2D eigenvalue weighted by molar-refractivity contribution is 0.192. The van der Waals surface area contributed by atoms with Gasteiger partial charge in [-0.05, 0) is 44.5 Å². The summed E-state index contributed by atoms with van der Waals surface area (Å²) in [5.41, 5.74) is 3.12. The highest BCUT2D eigenvalue weighted by molar-refractivity contribution is 6.16. The van der Waals surface area contributed by atoms with E-state index >= 15 is 0 Å². The van der Waals surface area contributed by atoms with Gasteiger partial charge in [0.1, 0.15) is 17.4 Å². The number of benzene rings is 2. The fraction of sp³-hybridized carbons (Fsp3) is 0.238. The van der Waals surface area contributed by atoms with Crippen molar-refractivity contribution >= 4 is 16.6 Å². The minimum atomic E-state index is -0.423. The van der Waals surface area contributed by atoms with Gasteiger partial charge in [0.15, 0.2) is 11.6 Å². The molecule has 5 heteroatoms. The average Bonchev–Trinajstić information content (AvgIpc) is 2.74. The number of rotatable bonds is 1. The van der Waals surface area contributed by atoms with Gasteiger partial charge in [0, 0.05) is 22.7 Å². The number of ether oxygens (including phenoxy) is 1. The van der Waals surface area contributed by atoms with E-state index in [2.05, 4.69) is 4.98 Å². The molecule has 4 rings (SSSR count). The maximum absolute atomic E-state index is 14.4. The zero-order valence-electron chi connectivity index (χ0n) is 14.8. The van der Waals surface area contributed by atoms with E-state index in [0.717, 1.165) is 11.1 Å². The van der Waals surface area contributed by atoms with E-state index < -0.39 is 5.82 Å². The molecule has 3 aromatic rings. The van der Waals surface area contributed by atoms with E-state index in [9.17, 15) is 8.78 Å². The summed E-state index contributed by atoms with van der Waals surface area (Å²) in [5.74, 6) is -0.591. The summed E-state index contributed by atoms with van der Waals surface area (Å²) in [4.78, 5) is 9.09. The van der Waals surface area contributed by atoms with Crippen LogP contribution in [0.3, 0.4) is 0 Å². The minimum Gasteiger partial charge on any atom is -0.485 e. The largest absolute Gasteiger partial charge is 0.485 e. The van der Waals surface area contributed by atoms with Gasteiger partial charge < -0.3 is 4.74 Å². The molecule has 132 valence electrons. The molecular formula is C21H18F2N2O. The van der Waals surface area contributed by atoms with Gasteiger partial charge in [-0.25, -0.2) is 8.78 Å². The van der Waals surface area contributed by atoms with Crippen molar-refractivity contribution in [2.45, 2.75) is 32.9 Å². The molecular weight excluding hydrogens is 334 g/mol. The molecule has 0 aliphatic carbocycles. The Balaban J connectivity index is 2.00. The van der Waals surface area contributed by atoms with Gasteiger partial charge >= 0.3 is 0 Å². The molecule has 1 aliphatic heterocycles. The van der Waals surface area contributed by atoms with Crippen LogP contribution in [0, 0.1) is 18.6 Å². The van der Waals surface area contributed by atoms with E-state index in [1.807, 2.05) is 26.8 Å². The zero-order valence-corrected chi connectivity index (χ0v) is 14.8. The van der Waals surface area contributed by atoms with Crippen LogP contribution in [-0.2, 0) is 0 Å². The first-order valence-electron chi connectivity index (χ1n) is 8.55. The number of fused-ring (bicyclic) bond motifs is 2. The number of para-hydroxylation sites is 2. The topological polar surface area (TPSA) is 34.5 Å². The molecule has 1 aliphatic rings. The molecule has 2 atom stereocenters. The Morgan fingerprint density at radius 2 is 1.69 bits per heavy atom. The fourth-order valence-corrected chi connectivity index (χ4v) is 3.25. The summed E-state index contributed by atoms with van der Waals surface area (Å²) in [6, 6.07) is 9.51. The summed E-state index contributed by atoms with van der Waals surface area (Å²) in [5, 5.41) is 0.717. The Morgan fingerprint density at radius 3 is 2.50 bits per heavy atom. The Morgan fingerprint density at radius 1 is 0.962 bits per heavy atom. The van der Waals surface area contributed by atoms with Crippen LogP contribution in [-0.4, -0.2) is 22.8 Å². The first-order valence-corrected chi connectivity index (χ1v) is 8.55. The van der Waals surface area contributed by atoms with E-state index in [4.69, 9.17) is 9.73 Å². The minimum absolute atomic E-state index is 0.167. The predicted octanol–water partition coefficient (Wildman–Crippen LogP) is 4.83. The van der Waals surface area contributed by atoms with Crippen LogP contribution in [0.1, 0.15) is 30.5 Å². The van der Waals surface area contributed by atoms with E-state index in [1.165, 1.54) is 12.1 Å². The summed E-state index contributed by atoms with van der Waals surface area (Å²) >= 11 is 0. The van der Waals surface area contributed by atoms with Crippen LogP contribution in [0.25, 0.3) is 10.9 Å². The van der Waals surface area contributed by atoms with Crippen LogP contribution >= 0.6 is 0 Å². The molecule has 1 aromatic heterocycles. The molecule has 2 heterocycles. The summed E-state index contributed by atoms with van der Waals surface area (Å²) in [6.45, 7) is 5.70. The monoisotopic (exact) mass is 352 g/mol. The normalized spacial score (nSPS) is 19.5. The average molecular weight is 352 g/mol. The van der Waals surface area contributed by atoms with Crippen molar-refractivity contribution in [3.63, 3.8) is 0 Å². The lowest BCUT2D eigenvalue weighted by Gasteiger charge is -2.16. The molecule has 3 nitrogen and oxygen atoms in total. The summed E-state index contributed by atoms with van der Waals surface area (Å²) < 4.78 is 34.3. The van der Waals surface area contributed by atoms with Crippen molar-refractivity contribution in [1.29, 1.82) is 0 Å². The number of hydrogen-bond donors (Lipinski definition) is 0. The smallest absolute Gasteiger partial charge is 0.165 e. The summed E-state index contributed by atoms with van der Waals surface area (Å²) in [6.07, 6.45) is 1.34. The second kappa shape index (κ2) is 6.16. The number of aryl methyl sites for hydroxylation is 1. The maximum Gasteiger partial charge on any atom is 0.165 e. The molecule has 0 bridgehead atoms. The first kappa shape index (κ1) is 16.6. The van der Waals surface area contributed by atoms with Crippen LogP contribution in [0.5, 0.6) is 5.75 Å². The van der Waals surface area contributed by atoms with Gasteiger partial charge in [0.05, 0.1) is 11.8 Å². The molecule has 2 unspecified atom stereocenters. The van der Waals surface area contributed by atoms with Crippen LogP contribution in [0.15, 0.2) is 47.6 Å². The number of halogens is 2. The van der Waals surface area contributed by atoms with E-state index in [-0.39, 0.29) is 23.7 Å². The van der Waals surface area contributed by atoms with Crippen molar-refractivity contribution in [2.75, 3.05) is 0 Å². The molecule has 0 radical (unpaired) electrons. The standard InChI is InChI=1S/C21H18F2N2O/c1-11-14-6-4-8-17(22)20(14)24-10-16(11)19-15-7-5-9-18(23)21(15)26-13(3)12(2)25-19/h4-10,12-13H,1-3H3. The SMILES string of the molecule is Cc1c(C2=NC(C)C(C)Oc3c(F)cccc32)cnc2c(F)cccc12. The molecule has 0 saturated heterocycles. The van der Waals surface area contributed by atoms with Crippen molar-refractivity contribution in [3.05, 3.63) is 70.9 Å². The highest BCUT2D eigenvalue weighted by atomic mass is 19.1. The van der Waals surface area contributed by atoms with Gasteiger partial charge in [-0.3, -0.25) is 9.98 Å². The lowest BCUT2D eigenvalue weighted by Crippen LogP contribution is -2.24. The van der Waals surface area contributed by atoms with Crippen molar-refractivity contribution in [2.24, 2.45) is 4.99 Å². The molecule has 0 spiro atoms. The molecule has 2 aromatic carbocycles. The van der Waals surface area contributed by atoms with Gasteiger partial charge in [0.25, 0.3) is 0 Å². The number of aromatic nitrogens is 1. The molecule has 0 saturated carbocycles. The van der Waals surface area contributed by atoms with Crippen LogP contribution in [0.2, 0.25) is 0 Å². The summed E-state index contributed by atoms with van der Waals surface area (Å²) in [7, 11) is 0. The molecule has 26 heavy (non-hydrogen) atoms. The third kappa shape index (κ3) is 2.55. The Labute approximate surface area is 150 Å². The third-order valence-corrected chi connectivity index (χ3v) is 4.91. The number of aliphatic imine (C=N–C) groups is 1. The van der Waals surface area contributed by atoms with Crippen molar-refractivity contribution < 1.29 is 13.5 Å². The predicted molar refractivity (Wildman–Crippen MR) is 98.0 cm³/mol. The van der Waals surface area contributed by atoms with E-state index in [1.54, 1.807) is 24.4 Å². The highest BCUT2D eigenvalue weighted by Crippen LogP contribution is 2.32. The van der Waals surface area contributed by atoms with Crippen molar-refractivity contribution in [1.82, 2.24) is 4.98 Å². The third-order valence-electron chi connectivity index (χ3n) is 4.91. The van der Waals surface area contributed by atoms with Gasteiger partial charge in [-0.15, -0.1) is 0 Å². The first-order chi connectivity index (χ1) is 12.5. The molecule has 0 amide bonds. The lowest BCUT2D eigenvalue weighted by atomic mass is 9.96. The Hall–Kier alpha value is -2.82. The Bertz CT molecular complexity index is 1050. The van der Waals surface area contributed by atoms with Gasteiger partial charge in [-0.1, -0.05) is 18.2 Å². The number of hydrogen-bond acceptors (Lipinski definition) is 3. The quantitative estimate of drug-likeness (QED) is 0.629. The Kier molecular flexibility index (Phi) is 3.94. The second-order valence-electron chi connectivity index (χ2n) is 6.59. The van der Waals surface area contributed by atoms with Gasteiger partial charge in [0.2, 0.25) is 0 Å². The fourth-order valence-electron chi connectivity index (χ4n) is 3.25.